The van der Waals surface area contributed by atoms with Crippen molar-refractivity contribution < 1.29 is 4.39 Å². The monoisotopic (exact) mass is 324 g/mol. The number of benzene rings is 3. The molecule has 0 saturated heterocycles. The Morgan fingerprint density at radius 3 is 2.43 bits per heavy atom. The molecule has 2 nitrogen and oxygen atoms in total. The van der Waals surface area contributed by atoms with Crippen molar-refractivity contribution in [3.63, 3.8) is 0 Å². The first-order chi connectivity index (χ1) is 11.1. The molecular formula is C19H17FN2S. The van der Waals surface area contributed by atoms with Crippen molar-refractivity contribution in [2.24, 2.45) is 0 Å². The van der Waals surface area contributed by atoms with E-state index < -0.39 is 0 Å². The van der Waals surface area contributed by atoms with Crippen LogP contribution in [0.2, 0.25) is 0 Å². The summed E-state index contributed by atoms with van der Waals surface area (Å²) in [5.41, 5.74) is 1.94. The molecule has 0 unspecified atom stereocenters. The minimum absolute atomic E-state index is 0.0570. The van der Waals surface area contributed by atoms with Gasteiger partial charge in [-0.3, -0.25) is 0 Å². The first kappa shape index (κ1) is 15.4. The molecule has 0 aliphatic rings. The number of hydrogen-bond donors (Lipinski definition) is 2. The SMILES string of the molecule is C[C@H](NC(=S)Nc1ccc(F)cc1)c1cccc2ccccc12. The van der Waals surface area contributed by atoms with Crippen LogP contribution in [0.3, 0.4) is 0 Å². The van der Waals surface area contributed by atoms with E-state index >= 15 is 0 Å². The Kier molecular flexibility index (Phi) is 4.53. The zero-order chi connectivity index (χ0) is 16.2. The van der Waals surface area contributed by atoms with Gasteiger partial charge in [0.1, 0.15) is 5.82 Å². The van der Waals surface area contributed by atoms with Gasteiger partial charge in [0.25, 0.3) is 0 Å². The molecule has 0 amide bonds. The first-order valence-corrected chi connectivity index (χ1v) is 7.85. The van der Waals surface area contributed by atoms with Crippen LogP contribution in [0.5, 0.6) is 0 Å². The van der Waals surface area contributed by atoms with Crippen LogP contribution in [0.15, 0.2) is 66.7 Å². The predicted molar refractivity (Wildman–Crippen MR) is 98.1 cm³/mol. The first-order valence-electron chi connectivity index (χ1n) is 7.44. The number of fused-ring (bicyclic) bond motifs is 1. The van der Waals surface area contributed by atoms with E-state index in [0.29, 0.717) is 5.11 Å². The Labute approximate surface area is 140 Å². The van der Waals surface area contributed by atoms with Crippen molar-refractivity contribution in [3.05, 3.63) is 78.1 Å². The van der Waals surface area contributed by atoms with E-state index in [-0.39, 0.29) is 11.9 Å². The van der Waals surface area contributed by atoms with Gasteiger partial charge in [-0.25, -0.2) is 4.39 Å². The topological polar surface area (TPSA) is 24.1 Å². The zero-order valence-electron chi connectivity index (χ0n) is 12.7. The van der Waals surface area contributed by atoms with Crippen molar-refractivity contribution in [1.82, 2.24) is 5.32 Å². The molecule has 3 aromatic rings. The summed E-state index contributed by atoms with van der Waals surface area (Å²) in [5, 5.41) is 9.27. The lowest BCUT2D eigenvalue weighted by Gasteiger charge is -2.19. The molecule has 3 rings (SSSR count). The molecule has 116 valence electrons. The van der Waals surface area contributed by atoms with Crippen LogP contribution in [0.4, 0.5) is 10.1 Å². The van der Waals surface area contributed by atoms with Gasteiger partial charge < -0.3 is 10.6 Å². The predicted octanol–water partition coefficient (Wildman–Crippen LogP) is 5.03. The maximum absolute atomic E-state index is 12.9. The van der Waals surface area contributed by atoms with Crippen LogP contribution < -0.4 is 10.6 Å². The van der Waals surface area contributed by atoms with Crippen LogP contribution >= 0.6 is 12.2 Å². The van der Waals surface area contributed by atoms with E-state index in [2.05, 4.69) is 41.8 Å². The van der Waals surface area contributed by atoms with Crippen molar-refractivity contribution >= 4 is 33.8 Å². The lowest BCUT2D eigenvalue weighted by Crippen LogP contribution is -2.31. The van der Waals surface area contributed by atoms with Gasteiger partial charge in [-0.1, -0.05) is 42.5 Å². The number of anilines is 1. The molecule has 1 atom stereocenters. The average molecular weight is 324 g/mol. The molecule has 0 spiro atoms. The maximum Gasteiger partial charge on any atom is 0.171 e. The summed E-state index contributed by atoms with van der Waals surface area (Å²) in [6.45, 7) is 2.07. The fourth-order valence-corrected chi connectivity index (χ4v) is 2.90. The van der Waals surface area contributed by atoms with Gasteiger partial charge in [0.05, 0.1) is 6.04 Å². The molecule has 0 radical (unpaired) electrons. The quantitative estimate of drug-likeness (QED) is 0.661. The summed E-state index contributed by atoms with van der Waals surface area (Å²) in [4.78, 5) is 0. The fourth-order valence-electron chi connectivity index (χ4n) is 2.60. The van der Waals surface area contributed by atoms with Gasteiger partial charge >= 0.3 is 0 Å². The molecule has 0 bridgehead atoms. The Morgan fingerprint density at radius 2 is 1.65 bits per heavy atom. The number of halogens is 1. The lowest BCUT2D eigenvalue weighted by molar-refractivity contribution is 0.628. The molecule has 3 aromatic carbocycles. The third-order valence-electron chi connectivity index (χ3n) is 3.74. The van der Waals surface area contributed by atoms with Crippen LogP contribution in [0, 0.1) is 5.82 Å². The third-order valence-corrected chi connectivity index (χ3v) is 3.96. The number of nitrogens with one attached hydrogen (secondary N) is 2. The van der Waals surface area contributed by atoms with Gasteiger partial charge in [-0.2, -0.15) is 0 Å². The van der Waals surface area contributed by atoms with E-state index in [9.17, 15) is 4.39 Å². The minimum Gasteiger partial charge on any atom is -0.356 e. The van der Waals surface area contributed by atoms with E-state index in [0.717, 1.165) is 5.69 Å². The van der Waals surface area contributed by atoms with Crippen LogP contribution in [0.1, 0.15) is 18.5 Å². The summed E-state index contributed by atoms with van der Waals surface area (Å²) in [6, 6.07) is 20.7. The molecule has 0 heterocycles. The lowest BCUT2D eigenvalue weighted by atomic mass is 10.00. The van der Waals surface area contributed by atoms with Gasteiger partial charge in [0.2, 0.25) is 0 Å². The normalized spacial score (nSPS) is 11.9. The maximum atomic E-state index is 12.9. The molecule has 0 saturated carbocycles. The Hall–Kier alpha value is -2.46. The van der Waals surface area contributed by atoms with Crippen LogP contribution in [0.25, 0.3) is 10.8 Å². The number of rotatable bonds is 3. The number of thiocarbonyl (C=S) groups is 1. The van der Waals surface area contributed by atoms with Crippen molar-refractivity contribution in [1.29, 1.82) is 0 Å². The highest BCUT2D eigenvalue weighted by Crippen LogP contribution is 2.24. The highest BCUT2D eigenvalue weighted by Gasteiger charge is 2.10. The third kappa shape index (κ3) is 3.66. The Balaban J connectivity index is 1.74. The van der Waals surface area contributed by atoms with Crippen LogP contribution in [-0.2, 0) is 0 Å². The van der Waals surface area contributed by atoms with Crippen molar-refractivity contribution in [2.45, 2.75) is 13.0 Å². The summed E-state index contributed by atoms with van der Waals surface area (Å²) in [7, 11) is 0. The molecule has 2 N–H and O–H groups in total. The average Bonchev–Trinajstić information content (AvgIpc) is 2.56. The second kappa shape index (κ2) is 6.75. The molecule has 0 aromatic heterocycles. The van der Waals surface area contributed by atoms with E-state index in [1.807, 2.05) is 18.2 Å². The van der Waals surface area contributed by atoms with Gasteiger partial charge in [-0.15, -0.1) is 0 Å². The molecule has 4 heteroatoms. The molecule has 0 aliphatic heterocycles. The standard InChI is InChI=1S/C19H17FN2S/c1-13(17-8-4-6-14-5-2-3-7-18(14)17)21-19(23)22-16-11-9-15(20)10-12-16/h2-13H,1H3,(H2,21,22,23)/t13-/m0/s1. The Morgan fingerprint density at radius 1 is 0.957 bits per heavy atom. The molecule has 0 aliphatic carbocycles. The van der Waals surface area contributed by atoms with E-state index in [1.54, 1.807) is 12.1 Å². The second-order valence-corrected chi connectivity index (χ2v) is 5.80. The summed E-state index contributed by atoms with van der Waals surface area (Å²) < 4.78 is 12.9. The Bertz CT molecular complexity index is 825. The fraction of sp³-hybridized carbons (Fsp3) is 0.105. The highest BCUT2D eigenvalue weighted by atomic mass is 32.1. The van der Waals surface area contributed by atoms with Gasteiger partial charge in [-0.05, 0) is 59.7 Å². The van der Waals surface area contributed by atoms with Crippen molar-refractivity contribution in [3.8, 4) is 0 Å². The number of hydrogen-bond acceptors (Lipinski definition) is 1. The smallest absolute Gasteiger partial charge is 0.171 e. The zero-order valence-corrected chi connectivity index (χ0v) is 13.5. The summed E-state index contributed by atoms with van der Waals surface area (Å²) in [5.74, 6) is -0.265. The summed E-state index contributed by atoms with van der Waals surface area (Å²) >= 11 is 5.35. The summed E-state index contributed by atoms with van der Waals surface area (Å²) in [6.07, 6.45) is 0. The largest absolute Gasteiger partial charge is 0.356 e. The second-order valence-electron chi connectivity index (χ2n) is 5.40. The highest BCUT2D eigenvalue weighted by molar-refractivity contribution is 7.80. The van der Waals surface area contributed by atoms with Gasteiger partial charge in [0, 0.05) is 5.69 Å². The van der Waals surface area contributed by atoms with Crippen molar-refractivity contribution in [2.75, 3.05) is 5.32 Å². The molecule has 23 heavy (non-hydrogen) atoms. The minimum atomic E-state index is -0.265. The molecule has 0 fully saturated rings. The van der Waals surface area contributed by atoms with Gasteiger partial charge in [0.15, 0.2) is 5.11 Å². The van der Waals surface area contributed by atoms with E-state index in [4.69, 9.17) is 12.2 Å². The van der Waals surface area contributed by atoms with E-state index in [1.165, 1.54) is 28.5 Å². The van der Waals surface area contributed by atoms with Crippen LogP contribution in [-0.4, -0.2) is 5.11 Å². The molecular weight excluding hydrogens is 307 g/mol.